The fourth-order valence-electron chi connectivity index (χ4n) is 3.99. The monoisotopic (exact) mass is 402 g/mol. The summed E-state index contributed by atoms with van der Waals surface area (Å²) in [5.41, 5.74) is -0.852. The van der Waals surface area contributed by atoms with Crippen LogP contribution in [0.2, 0.25) is 0 Å². The van der Waals surface area contributed by atoms with E-state index in [-0.39, 0.29) is 18.4 Å². The van der Waals surface area contributed by atoms with Gasteiger partial charge in [0.1, 0.15) is 0 Å². The SMILES string of the molecule is COC[C@]1(O)CC[C@]2(CCN(c3ccc(O[C@@H](C)C(F)(F)F)nc3)C2=O)CC1. The Balaban J connectivity index is 1.65. The highest BCUT2D eigenvalue weighted by Crippen LogP contribution is 2.48. The molecule has 0 radical (unpaired) electrons. The fraction of sp³-hybridized carbons (Fsp3) is 0.684. The fourth-order valence-corrected chi connectivity index (χ4v) is 3.99. The lowest BCUT2D eigenvalue weighted by Crippen LogP contribution is -2.45. The molecule has 1 saturated heterocycles. The quantitative estimate of drug-likeness (QED) is 0.820. The highest BCUT2D eigenvalue weighted by molar-refractivity contribution is 5.99. The van der Waals surface area contributed by atoms with Crippen LogP contribution in [-0.2, 0) is 9.53 Å². The van der Waals surface area contributed by atoms with Crippen LogP contribution in [0, 0.1) is 5.41 Å². The number of hydrogen-bond acceptors (Lipinski definition) is 5. The Bertz CT molecular complexity index is 700. The van der Waals surface area contributed by atoms with Gasteiger partial charge in [0.25, 0.3) is 0 Å². The van der Waals surface area contributed by atoms with Crippen LogP contribution in [0.5, 0.6) is 5.88 Å². The molecule has 1 N–H and O–H groups in total. The molecule has 0 bridgehead atoms. The van der Waals surface area contributed by atoms with Crippen LogP contribution in [0.1, 0.15) is 39.0 Å². The van der Waals surface area contributed by atoms with Gasteiger partial charge in [-0.05, 0) is 45.1 Å². The van der Waals surface area contributed by atoms with E-state index in [1.807, 2.05) is 0 Å². The molecule has 1 aromatic rings. The number of hydrogen-bond donors (Lipinski definition) is 1. The molecule has 9 heteroatoms. The molecule has 1 atom stereocenters. The summed E-state index contributed by atoms with van der Waals surface area (Å²) in [4.78, 5) is 18.6. The van der Waals surface area contributed by atoms with Crippen molar-refractivity contribution in [1.82, 2.24) is 4.98 Å². The van der Waals surface area contributed by atoms with Gasteiger partial charge < -0.3 is 19.5 Å². The largest absolute Gasteiger partial charge is 0.465 e. The highest BCUT2D eigenvalue weighted by atomic mass is 19.4. The molecule has 1 aliphatic heterocycles. The Kier molecular flexibility index (Phi) is 5.60. The van der Waals surface area contributed by atoms with E-state index in [0.717, 1.165) is 6.92 Å². The van der Waals surface area contributed by atoms with Gasteiger partial charge in [0, 0.05) is 19.7 Å². The lowest BCUT2D eigenvalue weighted by atomic mass is 9.68. The number of halogens is 3. The number of rotatable bonds is 5. The molecule has 28 heavy (non-hydrogen) atoms. The predicted octanol–water partition coefficient (Wildman–Crippen LogP) is 3.09. The third-order valence-corrected chi connectivity index (χ3v) is 5.85. The maximum Gasteiger partial charge on any atom is 0.425 e. The summed E-state index contributed by atoms with van der Waals surface area (Å²) in [6.07, 6.45) is -2.22. The van der Waals surface area contributed by atoms with E-state index in [4.69, 9.17) is 9.47 Å². The lowest BCUT2D eigenvalue weighted by molar-refractivity contribution is -0.189. The first-order valence-corrected chi connectivity index (χ1v) is 9.31. The second kappa shape index (κ2) is 7.51. The summed E-state index contributed by atoms with van der Waals surface area (Å²) in [5.74, 6) is -0.164. The number of anilines is 1. The van der Waals surface area contributed by atoms with Gasteiger partial charge >= 0.3 is 6.18 Å². The number of amides is 1. The molecule has 1 aliphatic carbocycles. The van der Waals surface area contributed by atoms with Crippen LogP contribution >= 0.6 is 0 Å². The first-order chi connectivity index (χ1) is 13.1. The minimum Gasteiger partial charge on any atom is -0.465 e. The van der Waals surface area contributed by atoms with Crippen molar-refractivity contribution in [2.24, 2.45) is 5.41 Å². The van der Waals surface area contributed by atoms with Crippen molar-refractivity contribution in [3.63, 3.8) is 0 Å². The van der Waals surface area contributed by atoms with Crippen LogP contribution in [0.3, 0.4) is 0 Å². The number of carbonyl (C=O) groups is 1. The molecular weight excluding hydrogens is 377 g/mol. The number of nitrogens with zero attached hydrogens (tertiary/aromatic N) is 2. The zero-order chi connectivity index (χ0) is 20.6. The Morgan fingerprint density at radius 1 is 1.25 bits per heavy atom. The maximum absolute atomic E-state index is 13.1. The van der Waals surface area contributed by atoms with Gasteiger partial charge in [-0.25, -0.2) is 4.98 Å². The van der Waals surface area contributed by atoms with Gasteiger partial charge in [0.05, 0.1) is 29.5 Å². The number of carbonyl (C=O) groups excluding carboxylic acids is 1. The third-order valence-electron chi connectivity index (χ3n) is 5.85. The van der Waals surface area contributed by atoms with E-state index >= 15 is 0 Å². The Morgan fingerprint density at radius 3 is 2.46 bits per heavy atom. The van der Waals surface area contributed by atoms with Crippen molar-refractivity contribution in [3.8, 4) is 5.88 Å². The van der Waals surface area contributed by atoms with Gasteiger partial charge in [0.2, 0.25) is 11.8 Å². The van der Waals surface area contributed by atoms with Crippen LogP contribution in [0.4, 0.5) is 18.9 Å². The van der Waals surface area contributed by atoms with E-state index in [1.54, 1.807) is 18.1 Å². The number of pyridine rings is 1. The Hall–Kier alpha value is -1.87. The molecule has 6 nitrogen and oxygen atoms in total. The van der Waals surface area contributed by atoms with Gasteiger partial charge in [-0.15, -0.1) is 0 Å². The van der Waals surface area contributed by atoms with Crippen LogP contribution in [-0.4, -0.2) is 54.1 Å². The number of aromatic nitrogens is 1. The number of alkyl halides is 3. The number of ether oxygens (including phenoxy) is 2. The van der Waals surface area contributed by atoms with Gasteiger partial charge in [-0.1, -0.05) is 0 Å². The molecule has 0 aromatic carbocycles. The van der Waals surface area contributed by atoms with E-state index in [2.05, 4.69) is 4.98 Å². The van der Waals surface area contributed by atoms with Gasteiger partial charge in [-0.3, -0.25) is 4.79 Å². The first-order valence-electron chi connectivity index (χ1n) is 9.31. The van der Waals surface area contributed by atoms with Crippen LogP contribution in [0.25, 0.3) is 0 Å². The van der Waals surface area contributed by atoms with E-state index in [1.165, 1.54) is 12.3 Å². The molecule has 3 rings (SSSR count). The third kappa shape index (κ3) is 4.10. The van der Waals surface area contributed by atoms with Gasteiger partial charge in [0.15, 0.2) is 6.10 Å². The minimum atomic E-state index is -4.47. The summed E-state index contributed by atoms with van der Waals surface area (Å²) in [6.45, 7) is 1.68. The molecule has 1 saturated carbocycles. The van der Waals surface area contributed by atoms with Crippen molar-refractivity contribution in [2.75, 3.05) is 25.2 Å². The highest BCUT2D eigenvalue weighted by Gasteiger charge is 2.51. The van der Waals surface area contributed by atoms with Crippen molar-refractivity contribution in [1.29, 1.82) is 0 Å². The smallest absolute Gasteiger partial charge is 0.425 e. The summed E-state index contributed by atoms with van der Waals surface area (Å²) in [6, 6.07) is 2.89. The molecule has 1 amide bonds. The van der Waals surface area contributed by atoms with Crippen LogP contribution < -0.4 is 9.64 Å². The molecule has 2 heterocycles. The Morgan fingerprint density at radius 2 is 1.93 bits per heavy atom. The minimum absolute atomic E-state index is 0.0221. The van der Waals surface area contributed by atoms with Crippen molar-refractivity contribution >= 4 is 11.6 Å². The zero-order valence-electron chi connectivity index (χ0n) is 16.0. The van der Waals surface area contributed by atoms with E-state index in [0.29, 0.717) is 44.3 Å². The normalized spacial score (nSPS) is 29.4. The van der Waals surface area contributed by atoms with Gasteiger partial charge in [-0.2, -0.15) is 13.2 Å². The van der Waals surface area contributed by atoms with Crippen molar-refractivity contribution < 1.29 is 32.5 Å². The predicted molar refractivity (Wildman–Crippen MR) is 95.1 cm³/mol. The molecule has 0 unspecified atom stereocenters. The maximum atomic E-state index is 13.1. The standard InChI is InChI=1S/C19H25F3N2O4/c1-13(19(20,21)22)28-15-4-3-14(11-23-15)24-10-9-17(16(24)25)5-7-18(26,8-6-17)12-27-2/h3-4,11,13,26H,5-10,12H2,1-2H3/t13-,17-,18+/m0/s1. The zero-order valence-corrected chi connectivity index (χ0v) is 16.0. The second-order valence-corrected chi connectivity index (χ2v) is 7.80. The summed E-state index contributed by atoms with van der Waals surface area (Å²) >= 11 is 0. The molecule has 156 valence electrons. The summed E-state index contributed by atoms with van der Waals surface area (Å²) in [5, 5.41) is 10.5. The molecule has 2 fully saturated rings. The van der Waals surface area contributed by atoms with Crippen molar-refractivity contribution in [3.05, 3.63) is 18.3 Å². The van der Waals surface area contributed by atoms with E-state index in [9.17, 15) is 23.1 Å². The topological polar surface area (TPSA) is 71.9 Å². The molecule has 1 aromatic heterocycles. The lowest BCUT2D eigenvalue weighted by Gasteiger charge is -2.40. The number of aliphatic hydroxyl groups is 1. The Labute approximate surface area is 161 Å². The molecule has 2 aliphatic rings. The van der Waals surface area contributed by atoms with Crippen molar-refractivity contribution in [2.45, 2.75) is 56.9 Å². The number of methoxy groups -OCH3 is 1. The molecular formula is C19H25F3N2O4. The van der Waals surface area contributed by atoms with E-state index < -0.39 is 23.3 Å². The first kappa shape index (κ1) is 20.9. The second-order valence-electron chi connectivity index (χ2n) is 7.80. The van der Waals surface area contributed by atoms with Crippen LogP contribution in [0.15, 0.2) is 18.3 Å². The average molecular weight is 402 g/mol. The summed E-state index contributed by atoms with van der Waals surface area (Å²) < 4.78 is 47.6. The average Bonchev–Trinajstić information content (AvgIpc) is 2.95. The summed E-state index contributed by atoms with van der Waals surface area (Å²) in [7, 11) is 1.54. The molecule has 1 spiro atoms.